The zero-order chi connectivity index (χ0) is 18.0. The van der Waals surface area contributed by atoms with Crippen LogP contribution in [0.4, 0.5) is 5.69 Å². The molecule has 0 aromatic heterocycles. The van der Waals surface area contributed by atoms with Crippen LogP contribution in [0, 0.1) is 13.8 Å². The van der Waals surface area contributed by atoms with Gasteiger partial charge in [-0.25, -0.2) is 0 Å². The Labute approximate surface area is 149 Å². The third kappa shape index (κ3) is 3.48. The Hall–Kier alpha value is -2.49. The number of benzene rings is 2. The first kappa shape index (κ1) is 17.3. The predicted molar refractivity (Wildman–Crippen MR) is 99.7 cm³/mol. The van der Waals surface area contributed by atoms with Crippen molar-refractivity contribution in [3.05, 3.63) is 53.1 Å². The number of hydrogen-bond acceptors (Lipinski definition) is 3. The largest absolute Gasteiger partial charge is 0.495 e. The van der Waals surface area contributed by atoms with E-state index in [2.05, 4.69) is 13.0 Å². The molecule has 1 atom stereocenters. The molecule has 0 aliphatic carbocycles. The van der Waals surface area contributed by atoms with E-state index in [9.17, 15) is 4.79 Å². The molecule has 1 aliphatic rings. The maximum Gasteiger partial charge on any atom is 0.267 e. The number of nitrogens with zero attached hydrogens (tertiary/aromatic N) is 1. The Kier molecular flexibility index (Phi) is 4.98. The minimum atomic E-state index is -0.557. The minimum Gasteiger partial charge on any atom is -0.495 e. The van der Waals surface area contributed by atoms with Gasteiger partial charge < -0.3 is 14.4 Å². The van der Waals surface area contributed by atoms with Crippen LogP contribution in [0.5, 0.6) is 11.5 Å². The number of anilines is 1. The second-order valence-corrected chi connectivity index (χ2v) is 6.58. The number of methoxy groups -OCH3 is 1. The summed E-state index contributed by atoms with van der Waals surface area (Å²) < 4.78 is 11.4. The molecular weight excluding hydrogens is 314 g/mol. The third-order valence-corrected chi connectivity index (χ3v) is 4.69. The van der Waals surface area contributed by atoms with Gasteiger partial charge >= 0.3 is 0 Å². The Bertz CT molecular complexity index is 785. The van der Waals surface area contributed by atoms with E-state index in [4.69, 9.17) is 9.47 Å². The fraction of sp³-hybridized carbons (Fsp3) is 0.381. The molecule has 3 rings (SSSR count). The van der Waals surface area contributed by atoms with E-state index in [-0.39, 0.29) is 5.91 Å². The third-order valence-electron chi connectivity index (χ3n) is 4.69. The lowest BCUT2D eigenvalue weighted by Gasteiger charge is -2.33. The quantitative estimate of drug-likeness (QED) is 0.843. The molecule has 0 fully saturated rings. The van der Waals surface area contributed by atoms with Crippen molar-refractivity contribution < 1.29 is 14.3 Å². The molecule has 0 radical (unpaired) electrons. The number of fused-ring (bicyclic) bond motifs is 1. The van der Waals surface area contributed by atoms with Gasteiger partial charge in [0.2, 0.25) is 0 Å². The molecular formula is C21H25NO3. The Balaban J connectivity index is 1.88. The van der Waals surface area contributed by atoms with Gasteiger partial charge in [0.05, 0.1) is 12.8 Å². The molecule has 1 unspecified atom stereocenters. The molecule has 2 aromatic rings. The van der Waals surface area contributed by atoms with Gasteiger partial charge in [0.15, 0.2) is 6.10 Å². The van der Waals surface area contributed by atoms with Crippen LogP contribution in [0.3, 0.4) is 0 Å². The second-order valence-electron chi connectivity index (χ2n) is 6.58. The minimum absolute atomic E-state index is 0.0358. The van der Waals surface area contributed by atoms with Crippen molar-refractivity contribution in [2.45, 2.75) is 39.7 Å². The standard InChI is InChI=1S/C21H25NO3/c1-14-7-5-8-17(13-14)25-16(3)21(23)22-12-6-9-18-15(2)10-11-19(24-4)20(18)22/h5,7-8,10-11,13,16H,6,9,12H2,1-4H3. The summed E-state index contributed by atoms with van der Waals surface area (Å²) in [5.74, 6) is 1.43. The van der Waals surface area contributed by atoms with Crippen LogP contribution in [0.15, 0.2) is 36.4 Å². The lowest BCUT2D eigenvalue weighted by atomic mass is 9.96. The summed E-state index contributed by atoms with van der Waals surface area (Å²) in [7, 11) is 1.65. The molecule has 0 saturated carbocycles. The van der Waals surface area contributed by atoms with Gasteiger partial charge in [-0.3, -0.25) is 4.79 Å². The highest BCUT2D eigenvalue weighted by molar-refractivity contribution is 5.99. The van der Waals surface area contributed by atoms with Crippen LogP contribution in [-0.2, 0) is 11.2 Å². The molecule has 25 heavy (non-hydrogen) atoms. The molecule has 0 bridgehead atoms. The normalized spacial score (nSPS) is 14.6. The van der Waals surface area contributed by atoms with Crippen molar-refractivity contribution in [2.24, 2.45) is 0 Å². The van der Waals surface area contributed by atoms with E-state index in [0.29, 0.717) is 12.3 Å². The van der Waals surface area contributed by atoms with Crippen molar-refractivity contribution in [1.29, 1.82) is 0 Å². The summed E-state index contributed by atoms with van der Waals surface area (Å²) in [4.78, 5) is 14.9. The molecule has 2 aromatic carbocycles. The van der Waals surface area contributed by atoms with Crippen molar-refractivity contribution in [1.82, 2.24) is 0 Å². The lowest BCUT2D eigenvalue weighted by molar-refractivity contribution is -0.124. The van der Waals surface area contributed by atoms with Crippen LogP contribution in [-0.4, -0.2) is 25.7 Å². The Morgan fingerprint density at radius 3 is 2.72 bits per heavy atom. The van der Waals surface area contributed by atoms with Crippen molar-refractivity contribution in [3.8, 4) is 11.5 Å². The maximum absolute atomic E-state index is 13.1. The molecule has 4 nitrogen and oxygen atoms in total. The van der Waals surface area contributed by atoms with Crippen molar-refractivity contribution in [2.75, 3.05) is 18.6 Å². The van der Waals surface area contributed by atoms with Crippen LogP contribution < -0.4 is 14.4 Å². The SMILES string of the molecule is COc1ccc(C)c2c1N(C(=O)C(C)Oc1cccc(C)c1)CCC2. The van der Waals surface area contributed by atoms with Gasteiger partial charge in [0, 0.05) is 6.54 Å². The fourth-order valence-corrected chi connectivity index (χ4v) is 3.40. The van der Waals surface area contributed by atoms with Gasteiger partial charge in [-0.05, 0) is 68.5 Å². The topological polar surface area (TPSA) is 38.8 Å². The van der Waals surface area contributed by atoms with E-state index in [1.54, 1.807) is 14.0 Å². The number of carbonyl (C=O) groups excluding carboxylic acids is 1. The average molecular weight is 339 g/mol. The van der Waals surface area contributed by atoms with Crippen LogP contribution in [0.2, 0.25) is 0 Å². The van der Waals surface area contributed by atoms with Crippen molar-refractivity contribution >= 4 is 11.6 Å². The predicted octanol–water partition coefficient (Wildman–Crippen LogP) is 4.06. The highest BCUT2D eigenvalue weighted by Crippen LogP contribution is 2.38. The highest BCUT2D eigenvalue weighted by Gasteiger charge is 2.30. The molecule has 0 N–H and O–H groups in total. The first-order valence-corrected chi connectivity index (χ1v) is 8.72. The summed E-state index contributed by atoms with van der Waals surface area (Å²) >= 11 is 0. The monoisotopic (exact) mass is 339 g/mol. The summed E-state index contributed by atoms with van der Waals surface area (Å²) in [5, 5.41) is 0. The molecule has 0 saturated heterocycles. The summed E-state index contributed by atoms with van der Waals surface area (Å²) in [6.07, 6.45) is 1.36. The summed E-state index contributed by atoms with van der Waals surface area (Å²) in [5.41, 5.74) is 4.40. The maximum atomic E-state index is 13.1. The molecule has 1 amide bonds. The van der Waals surface area contributed by atoms with Crippen LogP contribution >= 0.6 is 0 Å². The molecule has 1 aliphatic heterocycles. The number of aryl methyl sites for hydroxylation is 2. The first-order chi connectivity index (χ1) is 12.0. The second kappa shape index (κ2) is 7.18. The number of rotatable bonds is 4. The van der Waals surface area contributed by atoms with Gasteiger partial charge in [0.1, 0.15) is 11.5 Å². The van der Waals surface area contributed by atoms with Gasteiger partial charge in [0.25, 0.3) is 5.91 Å². The van der Waals surface area contributed by atoms with Crippen molar-refractivity contribution in [3.63, 3.8) is 0 Å². The van der Waals surface area contributed by atoms with E-state index in [0.717, 1.165) is 29.8 Å². The van der Waals surface area contributed by atoms with E-state index in [1.807, 2.05) is 42.2 Å². The fourth-order valence-electron chi connectivity index (χ4n) is 3.40. The van der Waals surface area contributed by atoms with E-state index in [1.165, 1.54) is 11.1 Å². The molecule has 1 heterocycles. The average Bonchev–Trinajstić information content (AvgIpc) is 2.61. The summed E-state index contributed by atoms with van der Waals surface area (Å²) in [6, 6.07) is 11.8. The zero-order valence-corrected chi connectivity index (χ0v) is 15.3. The zero-order valence-electron chi connectivity index (χ0n) is 15.3. The lowest BCUT2D eigenvalue weighted by Crippen LogP contribution is -2.43. The van der Waals surface area contributed by atoms with E-state index < -0.39 is 6.10 Å². The summed E-state index contributed by atoms with van der Waals surface area (Å²) in [6.45, 7) is 6.58. The smallest absolute Gasteiger partial charge is 0.267 e. The molecule has 0 spiro atoms. The van der Waals surface area contributed by atoms with Gasteiger partial charge in [-0.2, -0.15) is 0 Å². The number of carbonyl (C=O) groups is 1. The van der Waals surface area contributed by atoms with Crippen LogP contribution in [0.1, 0.15) is 30.0 Å². The van der Waals surface area contributed by atoms with Crippen LogP contribution in [0.25, 0.3) is 0 Å². The molecule has 4 heteroatoms. The Morgan fingerprint density at radius 1 is 1.20 bits per heavy atom. The Morgan fingerprint density at radius 2 is 2.00 bits per heavy atom. The molecule has 132 valence electrons. The first-order valence-electron chi connectivity index (χ1n) is 8.72. The highest BCUT2D eigenvalue weighted by atomic mass is 16.5. The van der Waals surface area contributed by atoms with E-state index >= 15 is 0 Å². The number of amides is 1. The number of ether oxygens (including phenoxy) is 2. The van der Waals surface area contributed by atoms with Gasteiger partial charge in [-0.15, -0.1) is 0 Å². The van der Waals surface area contributed by atoms with Gasteiger partial charge in [-0.1, -0.05) is 18.2 Å². The number of hydrogen-bond donors (Lipinski definition) is 0.